The zero-order chi connectivity index (χ0) is 20.8. The van der Waals surface area contributed by atoms with E-state index in [-0.39, 0.29) is 22.6 Å². The average Bonchev–Trinajstić information content (AvgIpc) is 2.74. The molecule has 0 radical (unpaired) electrons. The van der Waals surface area contributed by atoms with Crippen molar-refractivity contribution in [2.75, 3.05) is 17.7 Å². The quantitative estimate of drug-likeness (QED) is 0.365. The van der Waals surface area contributed by atoms with Crippen molar-refractivity contribution in [3.63, 3.8) is 0 Å². The van der Waals surface area contributed by atoms with E-state index in [1.807, 2.05) is 0 Å². The summed E-state index contributed by atoms with van der Waals surface area (Å²) >= 11 is 6.02. The Balaban J connectivity index is 1.69. The van der Waals surface area contributed by atoms with E-state index >= 15 is 0 Å². The first-order chi connectivity index (χ1) is 13.9. The summed E-state index contributed by atoms with van der Waals surface area (Å²) in [6, 6.07) is 19.3. The largest absolute Gasteiger partial charge is 0.452 e. The molecule has 3 aromatic carbocycles. The number of rotatable bonds is 6. The van der Waals surface area contributed by atoms with Gasteiger partial charge in [-0.1, -0.05) is 41.9 Å². The fraction of sp³-hybridized carbons (Fsp3) is 0.0455. The van der Waals surface area contributed by atoms with Crippen LogP contribution in [-0.2, 0) is 9.53 Å². The molecule has 3 aromatic rings. The van der Waals surface area contributed by atoms with Crippen LogP contribution in [-0.4, -0.2) is 24.3 Å². The summed E-state index contributed by atoms with van der Waals surface area (Å²) in [5.74, 6) is -1.53. The second-order valence-electron chi connectivity index (χ2n) is 6.13. The van der Waals surface area contributed by atoms with Crippen molar-refractivity contribution in [2.24, 2.45) is 0 Å². The Labute approximate surface area is 172 Å². The van der Waals surface area contributed by atoms with Gasteiger partial charge in [0.15, 0.2) is 12.4 Å². The van der Waals surface area contributed by atoms with Gasteiger partial charge in [-0.15, -0.1) is 0 Å². The van der Waals surface area contributed by atoms with Gasteiger partial charge < -0.3 is 15.8 Å². The van der Waals surface area contributed by atoms with Crippen LogP contribution in [0.1, 0.15) is 26.3 Å². The first-order valence-corrected chi connectivity index (χ1v) is 9.03. The first kappa shape index (κ1) is 20.1. The molecule has 0 unspecified atom stereocenters. The maximum absolute atomic E-state index is 12.8. The van der Waals surface area contributed by atoms with E-state index < -0.39 is 18.5 Å². The zero-order valence-corrected chi connectivity index (χ0v) is 16.0. The predicted octanol–water partition coefficient (Wildman–Crippen LogP) is 3.95. The zero-order valence-electron chi connectivity index (χ0n) is 15.2. The summed E-state index contributed by atoms with van der Waals surface area (Å²) in [6.07, 6.45) is 0. The van der Waals surface area contributed by atoms with E-state index in [1.54, 1.807) is 48.5 Å². The van der Waals surface area contributed by atoms with Crippen molar-refractivity contribution in [1.29, 1.82) is 0 Å². The lowest BCUT2D eigenvalue weighted by Gasteiger charge is -2.11. The molecule has 0 aliphatic rings. The smallest absolute Gasteiger partial charge is 0.338 e. The monoisotopic (exact) mass is 408 g/mol. The van der Waals surface area contributed by atoms with Gasteiger partial charge >= 0.3 is 5.97 Å². The van der Waals surface area contributed by atoms with Gasteiger partial charge in [-0.3, -0.25) is 9.59 Å². The van der Waals surface area contributed by atoms with Gasteiger partial charge in [0, 0.05) is 21.8 Å². The number of benzene rings is 3. The second kappa shape index (κ2) is 9.03. The molecule has 3 rings (SSSR count). The minimum absolute atomic E-state index is 0.238. The van der Waals surface area contributed by atoms with Crippen LogP contribution in [0, 0.1) is 0 Å². The Morgan fingerprint density at radius 3 is 2.28 bits per heavy atom. The van der Waals surface area contributed by atoms with Gasteiger partial charge in [-0.2, -0.15) is 0 Å². The fourth-order valence-corrected chi connectivity index (χ4v) is 2.75. The Kier molecular flexibility index (Phi) is 6.26. The number of carbonyl (C=O) groups excluding carboxylic acids is 3. The molecule has 0 atom stereocenters. The highest BCUT2D eigenvalue weighted by Crippen LogP contribution is 2.23. The molecular formula is C22H17ClN2O4. The second-order valence-corrected chi connectivity index (χ2v) is 6.57. The van der Waals surface area contributed by atoms with Crippen LogP contribution in [0.2, 0.25) is 5.02 Å². The molecule has 0 heterocycles. The number of nitrogens with two attached hydrogens (primary N) is 1. The van der Waals surface area contributed by atoms with Crippen molar-refractivity contribution < 1.29 is 19.1 Å². The Hall–Kier alpha value is -3.64. The van der Waals surface area contributed by atoms with Crippen LogP contribution in [0.3, 0.4) is 0 Å². The van der Waals surface area contributed by atoms with Crippen molar-refractivity contribution in [3.05, 3.63) is 94.5 Å². The van der Waals surface area contributed by atoms with Crippen LogP contribution in [0.25, 0.3) is 0 Å². The van der Waals surface area contributed by atoms with Gasteiger partial charge in [0.05, 0.1) is 11.3 Å². The first-order valence-electron chi connectivity index (χ1n) is 8.66. The third-order valence-electron chi connectivity index (χ3n) is 4.02. The topological polar surface area (TPSA) is 98.5 Å². The molecule has 0 saturated heterocycles. The summed E-state index contributed by atoms with van der Waals surface area (Å²) in [4.78, 5) is 37.0. The van der Waals surface area contributed by atoms with Crippen LogP contribution >= 0.6 is 11.6 Å². The summed E-state index contributed by atoms with van der Waals surface area (Å²) < 4.78 is 5.01. The minimum Gasteiger partial charge on any atom is -0.452 e. The number of halogens is 1. The number of ketones is 1. The van der Waals surface area contributed by atoms with Gasteiger partial charge in [-0.25, -0.2) is 4.79 Å². The van der Waals surface area contributed by atoms with Crippen LogP contribution in [0.4, 0.5) is 11.4 Å². The fourth-order valence-electron chi connectivity index (χ4n) is 2.58. The molecular weight excluding hydrogens is 392 g/mol. The summed E-state index contributed by atoms with van der Waals surface area (Å²) in [7, 11) is 0. The maximum Gasteiger partial charge on any atom is 0.338 e. The van der Waals surface area contributed by atoms with Gasteiger partial charge in [0.25, 0.3) is 5.91 Å². The third kappa shape index (κ3) is 5.21. The molecule has 29 heavy (non-hydrogen) atoms. The van der Waals surface area contributed by atoms with Crippen molar-refractivity contribution in [2.45, 2.75) is 0 Å². The molecule has 1 amide bonds. The minimum atomic E-state index is -0.656. The van der Waals surface area contributed by atoms with Crippen molar-refractivity contribution in [1.82, 2.24) is 0 Å². The molecule has 0 saturated carbocycles. The molecule has 6 nitrogen and oxygen atoms in total. The van der Waals surface area contributed by atoms with E-state index in [0.29, 0.717) is 16.3 Å². The number of anilines is 2. The molecule has 7 heteroatoms. The number of nitrogens with one attached hydrogen (secondary N) is 1. The Bertz CT molecular complexity index is 1050. The molecule has 146 valence electrons. The van der Waals surface area contributed by atoms with Gasteiger partial charge in [0.2, 0.25) is 0 Å². The number of hydrogen-bond acceptors (Lipinski definition) is 5. The molecule has 0 aliphatic heterocycles. The Morgan fingerprint density at radius 2 is 1.59 bits per heavy atom. The number of hydrogen-bond donors (Lipinski definition) is 2. The molecule has 0 bridgehead atoms. The summed E-state index contributed by atoms with van der Waals surface area (Å²) in [5, 5.41) is 2.95. The van der Waals surface area contributed by atoms with E-state index in [9.17, 15) is 14.4 Å². The number of carbonyl (C=O) groups is 3. The van der Waals surface area contributed by atoms with Crippen molar-refractivity contribution in [3.8, 4) is 0 Å². The summed E-state index contributed by atoms with van der Waals surface area (Å²) in [6.45, 7) is -0.509. The van der Waals surface area contributed by atoms with E-state index in [2.05, 4.69) is 5.32 Å². The Morgan fingerprint density at radius 1 is 0.897 bits per heavy atom. The molecule has 3 N–H and O–H groups in total. The molecule has 0 fully saturated rings. The van der Waals surface area contributed by atoms with E-state index in [1.165, 1.54) is 24.3 Å². The predicted molar refractivity (Wildman–Crippen MR) is 111 cm³/mol. The lowest BCUT2D eigenvalue weighted by Crippen LogP contribution is -2.22. The van der Waals surface area contributed by atoms with Gasteiger partial charge in [0.1, 0.15) is 0 Å². The van der Waals surface area contributed by atoms with Crippen LogP contribution < -0.4 is 11.1 Å². The number of nitrogen functional groups attached to an aromatic ring is 1. The molecule has 0 aromatic heterocycles. The highest BCUT2D eigenvalue weighted by atomic mass is 35.5. The van der Waals surface area contributed by atoms with Crippen molar-refractivity contribution >= 4 is 40.6 Å². The lowest BCUT2D eigenvalue weighted by atomic mass is 10.0. The number of ether oxygens (including phenoxy) is 1. The normalized spacial score (nSPS) is 10.2. The third-order valence-corrected chi connectivity index (χ3v) is 4.25. The standard InChI is InChI=1S/C22H17ClN2O4/c23-16-8-11-19(18(12-16)21(27)14-4-2-1-3-5-14)25-20(26)13-29-22(28)15-6-9-17(24)10-7-15/h1-12H,13,24H2,(H,25,26). The van der Waals surface area contributed by atoms with Crippen LogP contribution in [0.15, 0.2) is 72.8 Å². The van der Waals surface area contributed by atoms with E-state index in [0.717, 1.165) is 0 Å². The highest BCUT2D eigenvalue weighted by molar-refractivity contribution is 6.31. The molecule has 0 spiro atoms. The molecule has 0 aliphatic carbocycles. The number of esters is 1. The number of amides is 1. The highest BCUT2D eigenvalue weighted by Gasteiger charge is 2.17. The van der Waals surface area contributed by atoms with Gasteiger partial charge in [-0.05, 0) is 42.5 Å². The SMILES string of the molecule is Nc1ccc(C(=O)OCC(=O)Nc2ccc(Cl)cc2C(=O)c2ccccc2)cc1. The van der Waals surface area contributed by atoms with E-state index in [4.69, 9.17) is 22.1 Å². The maximum atomic E-state index is 12.8. The average molecular weight is 409 g/mol. The van der Waals surface area contributed by atoms with Crippen LogP contribution in [0.5, 0.6) is 0 Å². The summed E-state index contributed by atoms with van der Waals surface area (Å²) in [5.41, 5.74) is 7.33. The lowest BCUT2D eigenvalue weighted by molar-refractivity contribution is -0.119.